The van der Waals surface area contributed by atoms with Gasteiger partial charge in [-0.25, -0.2) is 13.1 Å². The maximum Gasteiger partial charge on any atom is 0.271 e. The van der Waals surface area contributed by atoms with Crippen molar-refractivity contribution in [2.45, 2.75) is 49.0 Å². The Bertz CT molecular complexity index is 685. The van der Waals surface area contributed by atoms with Crippen molar-refractivity contribution in [2.75, 3.05) is 6.54 Å². The van der Waals surface area contributed by atoms with E-state index in [9.17, 15) is 18.5 Å². The van der Waals surface area contributed by atoms with Crippen molar-refractivity contribution >= 4 is 27.3 Å². The monoisotopic (exact) mass is 361 g/mol. The molecule has 9 heteroatoms. The van der Waals surface area contributed by atoms with Crippen LogP contribution in [-0.4, -0.2) is 25.4 Å². The van der Waals surface area contributed by atoms with Crippen LogP contribution in [0.25, 0.3) is 0 Å². The number of hydrogen-bond acceptors (Lipinski definition) is 5. The number of rotatable bonds is 5. The Morgan fingerprint density at radius 1 is 1.26 bits per heavy atom. The average Bonchev–Trinajstić information content (AvgIpc) is 2.70. The number of halogens is 1. The second-order valence-corrected chi connectivity index (χ2v) is 8.12. The van der Waals surface area contributed by atoms with Gasteiger partial charge in [0.05, 0.1) is 9.95 Å². The number of sulfonamides is 1. The van der Waals surface area contributed by atoms with Crippen molar-refractivity contribution in [3.8, 4) is 0 Å². The molecule has 0 heterocycles. The lowest BCUT2D eigenvalue weighted by atomic mass is 9.92. The van der Waals surface area contributed by atoms with E-state index < -0.39 is 20.5 Å². The van der Waals surface area contributed by atoms with Gasteiger partial charge in [-0.3, -0.25) is 10.1 Å². The average molecular weight is 362 g/mol. The van der Waals surface area contributed by atoms with E-state index in [1.807, 2.05) is 0 Å². The topological polar surface area (TPSA) is 115 Å². The molecule has 0 radical (unpaired) electrons. The highest BCUT2D eigenvalue weighted by Gasteiger charge is 2.29. The number of non-ortho nitro benzene ring substituents is 1. The summed E-state index contributed by atoms with van der Waals surface area (Å²) in [6, 6.07) is 3.28. The molecule has 128 valence electrons. The summed E-state index contributed by atoms with van der Waals surface area (Å²) < 4.78 is 27.3. The maximum atomic E-state index is 12.4. The van der Waals surface area contributed by atoms with E-state index in [0.717, 1.165) is 56.7 Å². The molecule has 1 aromatic rings. The quantitative estimate of drug-likeness (QED) is 0.475. The lowest BCUT2D eigenvalue weighted by molar-refractivity contribution is -0.384. The lowest BCUT2D eigenvalue weighted by Gasteiger charge is -2.28. The van der Waals surface area contributed by atoms with Gasteiger partial charge in [0, 0.05) is 24.2 Å². The summed E-state index contributed by atoms with van der Waals surface area (Å²) in [6.45, 7) is 0.128. The van der Waals surface area contributed by atoms with Crippen LogP contribution in [0.15, 0.2) is 23.1 Å². The van der Waals surface area contributed by atoms with Crippen LogP contribution in [-0.2, 0) is 10.0 Å². The first kappa shape index (κ1) is 18.1. The van der Waals surface area contributed by atoms with Gasteiger partial charge in [-0.1, -0.05) is 37.3 Å². The molecular weight excluding hydrogens is 342 g/mol. The van der Waals surface area contributed by atoms with E-state index in [-0.39, 0.29) is 22.2 Å². The first-order valence-electron chi connectivity index (χ1n) is 7.46. The van der Waals surface area contributed by atoms with Gasteiger partial charge in [0.2, 0.25) is 10.0 Å². The van der Waals surface area contributed by atoms with Gasteiger partial charge in [-0.15, -0.1) is 0 Å². The van der Waals surface area contributed by atoms with Crippen LogP contribution < -0.4 is 10.5 Å². The molecule has 23 heavy (non-hydrogen) atoms. The minimum atomic E-state index is -3.87. The van der Waals surface area contributed by atoms with Crippen molar-refractivity contribution in [1.82, 2.24) is 4.72 Å². The van der Waals surface area contributed by atoms with E-state index in [0.29, 0.717) is 0 Å². The van der Waals surface area contributed by atoms with Crippen molar-refractivity contribution in [1.29, 1.82) is 0 Å². The smallest absolute Gasteiger partial charge is 0.271 e. The Morgan fingerprint density at radius 2 is 1.87 bits per heavy atom. The fraction of sp³-hybridized carbons (Fsp3) is 0.571. The van der Waals surface area contributed by atoms with E-state index in [1.165, 1.54) is 0 Å². The molecular formula is C14H20ClN3O4S. The Balaban J connectivity index is 2.14. The van der Waals surface area contributed by atoms with Crippen LogP contribution in [0.3, 0.4) is 0 Å². The summed E-state index contributed by atoms with van der Waals surface area (Å²) in [5.41, 5.74) is 5.48. The Kier molecular flexibility index (Phi) is 5.61. The Morgan fingerprint density at radius 3 is 2.39 bits per heavy atom. The van der Waals surface area contributed by atoms with Gasteiger partial charge in [-0.05, 0) is 18.9 Å². The van der Waals surface area contributed by atoms with Gasteiger partial charge in [0.1, 0.15) is 4.90 Å². The molecule has 0 spiro atoms. The highest BCUT2D eigenvalue weighted by Crippen LogP contribution is 2.28. The fourth-order valence-electron chi connectivity index (χ4n) is 2.75. The normalized spacial score (nSPS) is 18.3. The third-order valence-corrected chi connectivity index (χ3v) is 6.01. The van der Waals surface area contributed by atoms with Crippen LogP contribution >= 0.6 is 11.6 Å². The summed E-state index contributed by atoms with van der Waals surface area (Å²) in [7, 11) is -3.87. The summed E-state index contributed by atoms with van der Waals surface area (Å²) in [6.07, 6.45) is 5.72. The van der Waals surface area contributed by atoms with E-state index >= 15 is 0 Å². The van der Waals surface area contributed by atoms with Crippen LogP contribution in [0, 0.1) is 10.1 Å². The number of nitrogens with zero attached hydrogens (tertiary/aromatic N) is 1. The largest absolute Gasteiger partial charge is 0.324 e. The number of nitro benzene ring substituents is 1. The molecule has 0 amide bonds. The van der Waals surface area contributed by atoms with Crippen molar-refractivity contribution in [3.05, 3.63) is 33.3 Å². The summed E-state index contributed by atoms with van der Waals surface area (Å²) >= 11 is 5.89. The third-order valence-electron chi connectivity index (χ3n) is 4.13. The number of hydrogen-bond donors (Lipinski definition) is 2. The number of nitrogens with one attached hydrogen (secondary N) is 1. The Labute approximate surface area is 140 Å². The van der Waals surface area contributed by atoms with Gasteiger partial charge < -0.3 is 5.73 Å². The zero-order chi connectivity index (χ0) is 17.1. The standard InChI is InChI=1S/C14H20ClN3O4S/c15-12-9-11(18(19)20)5-6-13(12)23(21,22)17-10-14(16)7-3-1-2-4-8-14/h5-6,9,17H,1-4,7-8,10,16H2. The van der Waals surface area contributed by atoms with Gasteiger partial charge >= 0.3 is 0 Å². The summed E-state index contributed by atoms with van der Waals surface area (Å²) in [5, 5.41) is 10.5. The minimum absolute atomic E-state index is 0.128. The molecule has 0 bridgehead atoms. The van der Waals surface area contributed by atoms with E-state index in [2.05, 4.69) is 4.72 Å². The van der Waals surface area contributed by atoms with E-state index in [1.54, 1.807) is 0 Å². The van der Waals surface area contributed by atoms with Crippen molar-refractivity contribution < 1.29 is 13.3 Å². The number of nitrogens with two attached hydrogens (primary N) is 1. The molecule has 0 unspecified atom stereocenters. The molecule has 1 fully saturated rings. The molecule has 1 aliphatic rings. The second-order valence-electron chi connectivity index (χ2n) is 5.97. The molecule has 3 N–H and O–H groups in total. The van der Waals surface area contributed by atoms with Crippen LogP contribution in [0.5, 0.6) is 0 Å². The van der Waals surface area contributed by atoms with Gasteiger partial charge in [-0.2, -0.15) is 0 Å². The molecule has 2 rings (SSSR count). The molecule has 0 aromatic heterocycles. The first-order chi connectivity index (χ1) is 10.7. The third kappa shape index (κ3) is 4.63. The highest BCUT2D eigenvalue weighted by atomic mass is 35.5. The SMILES string of the molecule is NC1(CNS(=O)(=O)c2ccc([N+](=O)[O-])cc2Cl)CCCCCC1. The highest BCUT2D eigenvalue weighted by molar-refractivity contribution is 7.89. The maximum absolute atomic E-state index is 12.4. The molecule has 1 saturated carbocycles. The van der Waals surface area contributed by atoms with Gasteiger partial charge in [0.25, 0.3) is 5.69 Å². The minimum Gasteiger partial charge on any atom is -0.324 e. The predicted molar refractivity (Wildman–Crippen MR) is 87.9 cm³/mol. The van der Waals surface area contributed by atoms with Crippen LogP contribution in [0.4, 0.5) is 5.69 Å². The Hall–Kier alpha value is -1.22. The van der Waals surface area contributed by atoms with Crippen LogP contribution in [0.1, 0.15) is 38.5 Å². The number of nitro groups is 1. The molecule has 0 atom stereocenters. The van der Waals surface area contributed by atoms with Gasteiger partial charge in [0.15, 0.2) is 0 Å². The predicted octanol–water partition coefficient (Wildman–Crippen LogP) is 2.58. The molecule has 1 aliphatic carbocycles. The summed E-state index contributed by atoms with van der Waals surface area (Å²) in [5.74, 6) is 0. The molecule has 0 saturated heterocycles. The zero-order valence-corrected chi connectivity index (χ0v) is 14.2. The first-order valence-corrected chi connectivity index (χ1v) is 9.32. The van der Waals surface area contributed by atoms with Crippen molar-refractivity contribution in [3.63, 3.8) is 0 Å². The fourth-order valence-corrected chi connectivity index (χ4v) is 4.42. The second kappa shape index (κ2) is 7.12. The van der Waals surface area contributed by atoms with Crippen LogP contribution in [0.2, 0.25) is 5.02 Å². The zero-order valence-electron chi connectivity index (χ0n) is 12.6. The van der Waals surface area contributed by atoms with Crippen molar-refractivity contribution in [2.24, 2.45) is 5.73 Å². The molecule has 7 nitrogen and oxygen atoms in total. The van der Waals surface area contributed by atoms with E-state index in [4.69, 9.17) is 17.3 Å². The number of benzene rings is 1. The lowest BCUT2D eigenvalue weighted by Crippen LogP contribution is -2.49. The molecule has 1 aromatic carbocycles. The summed E-state index contributed by atoms with van der Waals surface area (Å²) in [4.78, 5) is 9.88. The molecule has 0 aliphatic heterocycles.